The van der Waals surface area contributed by atoms with Crippen molar-refractivity contribution in [2.24, 2.45) is 0 Å². The van der Waals surface area contributed by atoms with Crippen molar-refractivity contribution < 1.29 is 9.90 Å². The molecule has 0 unspecified atom stereocenters. The summed E-state index contributed by atoms with van der Waals surface area (Å²) in [4.78, 5) is 23.7. The van der Waals surface area contributed by atoms with Crippen LogP contribution in [0.3, 0.4) is 0 Å². The standard InChI is InChI=1S/C19H19N5O2/c1-13-5-2-3-6-14(13)11-21-17-9-16(15-7-4-8-20-10-15)23-19(24-17)22-12-18(25)26/h2-10H,11-12H2,1H3,(H,25,26)(H2,21,22,23,24). The molecule has 0 aliphatic heterocycles. The largest absolute Gasteiger partial charge is 0.480 e. The minimum atomic E-state index is -0.977. The number of carbonyl (C=O) groups is 1. The van der Waals surface area contributed by atoms with Gasteiger partial charge in [0.1, 0.15) is 12.4 Å². The highest BCUT2D eigenvalue weighted by molar-refractivity contribution is 5.72. The van der Waals surface area contributed by atoms with Crippen molar-refractivity contribution >= 4 is 17.7 Å². The van der Waals surface area contributed by atoms with Crippen molar-refractivity contribution in [3.05, 3.63) is 66.0 Å². The third kappa shape index (κ3) is 4.54. The smallest absolute Gasteiger partial charge is 0.322 e. The molecule has 2 heterocycles. The van der Waals surface area contributed by atoms with Crippen LogP contribution >= 0.6 is 0 Å². The summed E-state index contributed by atoms with van der Waals surface area (Å²) in [6.45, 7) is 2.40. The molecule has 0 amide bonds. The molecular weight excluding hydrogens is 330 g/mol. The van der Waals surface area contributed by atoms with Gasteiger partial charge in [0.2, 0.25) is 5.95 Å². The van der Waals surface area contributed by atoms with Gasteiger partial charge in [-0.2, -0.15) is 4.98 Å². The zero-order valence-electron chi connectivity index (χ0n) is 14.3. The molecule has 7 heteroatoms. The van der Waals surface area contributed by atoms with Crippen LogP contribution in [0.5, 0.6) is 0 Å². The number of carboxylic acid groups (broad SMARTS) is 1. The molecular formula is C19H19N5O2. The first kappa shape index (κ1) is 17.3. The second-order valence-corrected chi connectivity index (χ2v) is 5.73. The van der Waals surface area contributed by atoms with Gasteiger partial charge in [-0.3, -0.25) is 9.78 Å². The number of aryl methyl sites for hydroxylation is 1. The van der Waals surface area contributed by atoms with E-state index in [1.807, 2.05) is 30.3 Å². The Bertz CT molecular complexity index is 899. The quantitative estimate of drug-likeness (QED) is 0.603. The van der Waals surface area contributed by atoms with Crippen LogP contribution in [0.25, 0.3) is 11.3 Å². The van der Waals surface area contributed by atoms with Crippen molar-refractivity contribution in [2.75, 3.05) is 17.2 Å². The number of nitrogens with one attached hydrogen (secondary N) is 2. The second kappa shape index (κ2) is 8.06. The fourth-order valence-corrected chi connectivity index (χ4v) is 2.43. The Balaban J connectivity index is 1.86. The molecule has 7 nitrogen and oxygen atoms in total. The predicted octanol–water partition coefficient (Wildman–Crippen LogP) is 2.96. The van der Waals surface area contributed by atoms with Crippen LogP contribution in [0.2, 0.25) is 0 Å². The summed E-state index contributed by atoms with van der Waals surface area (Å²) in [7, 11) is 0. The molecule has 0 fully saturated rings. The maximum Gasteiger partial charge on any atom is 0.322 e. The summed E-state index contributed by atoms with van der Waals surface area (Å²) in [5, 5.41) is 14.9. The first-order valence-corrected chi connectivity index (χ1v) is 8.15. The fourth-order valence-electron chi connectivity index (χ4n) is 2.43. The minimum absolute atomic E-state index is 0.251. The summed E-state index contributed by atoms with van der Waals surface area (Å²) < 4.78 is 0. The first-order valence-electron chi connectivity index (χ1n) is 8.15. The Morgan fingerprint density at radius 3 is 2.69 bits per heavy atom. The van der Waals surface area contributed by atoms with Gasteiger partial charge in [0, 0.05) is 30.6 Å². The third-order valence-corrected chi connectivity index (χ3v) is 3.80. The lowest BCUT2D eigenvalue weighted by molar-refractivity contribution is -0.134. The van der Waals surface area contributed by atoms with E-state index >= 15 is 0 Å². The summed E-state index contributed by atoms with van der Waals surface area (Å²) in [5.74, 6) is -0.120. The number of benzene rings is 1. The molecule has 26 heavy (non-hydrogen) atoms. The molecule has 0 spiro atoms. The summed E-state index contributed by atoms with van der Waals surface area (Å²) in [6.07, 6.45) is 3.39. The summed E-state index contributed by atoms with van der Waals surface area (Å²) in [5.41, 5.74) is 3.83. The van der Waals surface area contributed by atoms with Crippen LogP contribution in [-0.4, -0.2) is 32.6 Å². The van der Waals surface area contributed by atoms with Gasteiger partial charge in [0.25, 0.3) is 0 Å². The predicted molar refractivity (Wildman–Crippen MR) is 99.9 cm³/mol. The molecule has 1 aromatic carbocycles. The van der Waals surface area contributed by atoms with E-state index < -0.39 is 5.97 Å². The lowest BCUT2D eigenvalue weighted by Crippen LogP contribution is -2.15. The maximum atomic E-state index is 10.8. The van der Waals surface area contributed by atoms with Crippen LogP contribution in [0, 0.1) is 6.92 Å². The Kier molecular flexibility index (Phi) is 5.38. The Labute approximate surface area is 151 Å². The van der Waals surface area contributed by atoms with Gasteiger partial charge in [-0.15, -0.1) is 0 Å². The minimum Gasteiger partial charge on any atom is -0.480 e. The van der Waals surface area contributed by atoms with Crippen molar-refractivity contribution in [3.8, 4) is 11.3 Å². The topological polar surface area (TPSA) is 100 Å². The van der Waals surface area contributed by atoms with Crippen molar-refractivity contribution in [3.63, 3.8) is 0 Å². The monoisotopic (exact) mass is 349 g/mol. The fraction of sp³-hybridized carbons (Fsp3) is 0.158. The number of hydrogen-bond donors (Lipinski definition) is 3. The average Bonchev–Trinajstić information content (AvgIpc) is 2.66. The van der Waals surface area contributed by atoms with Crippen LogP contribution < -0.4 is 10.6 Å². The van der Waals surface area contributed by atoms with Gasteiger partial charge in [-0.25, -0.2) is 4.98 Å². The van der Waals surface area contributed by atoms with E-state index in [9.17, 15) is 4.79 Å². The number of rotatable bonds is 7. The van der Waals surface area contributed by atoms with Crippen molar-refractivity contribution in [2.45, 2.75) is 13.5 Å². The van der Waals surface area contributed by atoms with E-state index in [4.69, 9.17) is 5.11 Å². The van der Waals surface area contributed by atoms with Gasteiger partial charge in [0.15, 0.2) is 0 Å². The van der Waals surface area contributed by atoms with Crippen LogP contribution in [0.1, 0.15) is 11.1 Å². The lowest BCUT2D eigenvalue weighted by atomic mass is 10.1. The number of aromatic nitrogens is 3. The van der Waals surface area contributed by atoms with Crippen LogP contribution in [0.15, 0.2) is 54.9 Å². The van der Waals surface area contributed by atoms with E-state index in [1.54, 1.807) is 12.4 Å². The van der Waals surface area contributed by atoms with Crippen LogP contribution in [0.4, 0.5) is 11.8 Å². The number of pyridine rings is 1. The molecule has 0 aliphatic rings. The summed E-state index contributed by atoms with van der Waals surface area (Å²) in [6, 6.07) is 13.6. The van der Waals surface area contributed by atoms with Gasteiger partial charge < -0.3 is 15.7 Å². The molecule has 3 rings (SSSR count). The molecule has 0 aliphatic carbocycles. The number of carboxylic acids is 1. The Hall–Kier alpha value is -3.48. The molecule has 132 valence electrons. The van der Waals surface area contributed by atoms with E-state index in [0.717, 1.165) is 11.1 Å². The van der Waals surface area contributed by atoms with Gasteiger partial charge in [0.05, 0.1) is 5.69 Å². The highest BCUT2D eigenvalue weighted by atomic mass is 16.4. The molecule has 3 N–H and O–H groups in total. The summed E-state index contributed by atoms with van der Waals surface area (Å²) >= 11 is 0. The molecule has 0 saturated carbocycles. The molecule has 3 aromatic rings. The highest BCUT2D eigenvalue weighted by Crippen LogP contribution is 2.21. The van der Waals surface area contributed by atoms with Gasteiger partial charge in [-0.05, 0) is 30.2 Å². The SMILES string of the molecule is Cc1ccccc1CNc1cc(-c2cccnc2)nc(NCC(=O)O)n1. The van der Waals surface area contributed by atoms with Crippen LogP contribution in [-0.2, 0) is 11.3 Å². The first-order chi connectivity index (χ1) is 12.6. The van der Waals surface area contributed by atoms with E-state index in [0.29, 0.717) is 18.1 Å². The van der Waals surface area contributed by atoms with Crippen molar-refractivity contribution in [1.29, 1.82) is 0 Å². The zero-order valence-corrected chi connectivity index (χ0v) is 14.3. The number of hydrogen-bond acceptors (Lipinski definition) is 6. The number of anilines is 2. The van der Waals surface area contributed by atoms with E-state index in [1.165, 1.54) is 5.56 Å². The molecule has 0 atom stereocenters. The van der Waals surface area contributed by atoms with Gasteiger partial charge >= 0.3 is 5.97 Å². The number of aliphatic carboxylic acids is 1. The molecule has 0 saturated heterocycles. The Morgan fingerprint density at radius 1 is 1.12 bits per heavy atom. The second-order valence-electron chi connectivity index (χ2n) is 5.73. The number of nitrogens with zero attached hydrogens (tertiary/aromatic N) is 3. The zero-order chi connectivity index (χ0) is 18.4. The Morgan fingerprint density at radius 2 is 1.96 bits per heavy atom. The third-order valence-electron chi connectivity index (χ3n) is 3.80. The molecule has 2 aromatic heterocycles. The highest BCUT2D eigenvalue weighted by Gasteiger charge is 2.08. The van der Waals surface area contributed by atoms with E-state index in [-0.39, 0.29) is 12.5 Å². The molecule has 0 radical (unpaired) electrons. The average molecular weight is 349 g/mol. The molecule has 0 bridgehead atoms. The lowest BCUT2D eigenvalue weighted by Gasteiger charge is -2.12. The van der Waals surface area contributed by atoms with Crippen molar-refractivity contribution in [1.82, 2.24) is 15.0 Å². The van der Waals surface area contributed by atoms with Gasteiger partial charge in [-0.1, -0.05) is 24.3 Å². The normalized spacial score (nSPS) is 10.3. The maximum absolute atomic E-state index is 10.8. The van der Waals surface area contributed by atoms with E-state index in [2.05, 4.69) is 44.6 Å².